The van der Waals surface area contributed by atoms with E-state index in [0.29, 0.717) is 4.88 Å². The number of aliphatic hydroxyl groups is 1. The van der Waals surface area contributed by atoms with Crippen molar-refractivity contribution in [3.8, 4) is 0 Å². The van der Waals surface area contributed by atoms with E-state index in [4.69, 9.17) is 5.11 Å². The Hall–Kier alpha value is -1.92. The van der Waals surface area contributed by atoms with Crippen molar-refractivity contribution in [3.05, 3.63) is 34.7 Å². The summed E-state index contributed by atoms with van der Waals surface area (Å²) >= 11 is 1.31. The van der Waals surface area contributed by atoms with Gasteiger partial charge in [0.2, 0.25) is 0 Å². The van der Waals surface area contributed by atoms with Crippen LogP contribution in [0.15, 0.2) is 24.3 Å². The highest BCUT2D eigenvalue weighted by Crippen LogP contribution is 2.30. The first-order valence-corrected chi connectivity index (χ1v) is 6.93. The van der Waals surface area contributed by atoms with Crippen LogP contribution in [0.5, 0.6) is 0 Å². The van der Waals surface area contributed by atoms with Gasteiger partial charge in [0.05, 0.1) is 11.0 Å². The standard InChI is InChI=1S/C14H15NO4S/c1-7-9-5-3-4-6-10(9)20-12(7)13(17)15-11(8(2)16)14(18)19/h3-6,8,11,16H,1-2H3,(H,15,17)(H,18,19)/t8-,11+/m1/s1. The van der Waals surface area contributed by atoms with Gasteiger partial charge in [-0.25, -0.2) is 4.79 Å². The van der Waals surface area contributed by atoms with Crippen LogP contribution < -0.4 is 5.32 Å². The average molecular weight is 293 g/mol. The van der Waals surface area contributed by atoms with Crippen LogP contribution in [-0.4, -0.2) is 34.2 Å². The van der Waals surface area contributed by atoms with E-state index in [1.165, 1.54) is 18.3 Å². The van der Waals surface area contributed by atoms with Crippen LogP contribution in [0.25, 0.3) is 10.1 Å². The Morgan fingerprint density at radius 3 is 2.50 bits per heavy atom. The van der Waals surface area contributed by atoms with Crippen LogP contribution in [0.2, 0.25) is 0 Å². The van der Waals surface area contributed by atoms with Gasteiger partial charge in [-0.1, -0.05) is 18.2 Å². The number of rotatable bonds is 4. The third-order valence-electron chi connectivity index (χ3n) is 3.08. The maximum absolute atomic E-state index is 12.2. The maximum atomic E-state index is 12.2. The second-order valence-corrected chi connectivity index (χ2v) is 5.63. The van der Waals surface area contributed by atoms with E-state index in [-0.39, 0.29) is 0 Å². The van der Waals surface area contributed by atoms with Gasteiger partial charge in [-0.05, 0) is 30.9 Å². The van der Waals surface area contributed by atoms with Crippen molar-refractivity contribution in [1.29, 1.82) is 0 Å². The van der Waals surface area contributed by atoms with Crippen molar-refractivity contribution in [2.75, 3.05) is 0 Å². The molecule has 1 heterocycles. The van der Waals surface area contributed by atoms with Crippen LogP contribution in [0.4, 0.5) is 0 Å². The molecule has 3 N–H and O–H groups in total. The first-order valence-electron chi connectivity index (χ1n) is 6.11. The Bertz CT molecular complexity index is 662. The van der Waals surface area contributed by atoms with E-state index in [2.05, 4.69) is 5.32 Å². The number of thiophene rings is 1. The molecule has 0 aliphatic rings. The molecule has 2 aromatic rings. The molecule has 5 nitrogen and oxygen atoms in total. The number of carboxylic acids is 1. The summed E-state index contributed by atoms with van der Waals surface area (Å²) in [6.07, 6.45) is -1.16. The molecule has 6 heteroatoms. The molecule has 0 bridgehead atoms. The molecule has 0 aliphatic heterocycles. The van der Waals surface area contributed by atoms with E-state index in [1.54, 1.807) is 0 Å². The van der Waals surface area contributed by atoms with Crippen LogP contribution in [0.1, 0.15) is 22.2 Å². The van der Waals surface area contributed by atoms with E-state index in [0.717, 1.165) is 15.6 Å². The molecule has 1 amide bonds. The lowest BCUT2D eigenvalue weighted by atomic mass is 10.1. The van der Waals surface area contributed by atoms with Crippen molar-refractivity contribution < 1.29 is 19.8 Å². The predicted octanol–water partition coefficient (Wildman–Crippen LogP) is 1.77. The van der Waals surface area contributed by atoms with E-state index >= 15 is 0 Å². The maximum Gasteiger partial charge on any atom is 0.328 e. The normalized spacial score (nSPS) is 13.9. The van der Waals surface area contributed by atoms with Crippen LogP contribution in [-0.2, 0) is 4.79 Å². The first-order chi connectivity index (χ1) is 9.41. The summed E-state index contributed by atoms with van der Waals surface area (Å²) in [5.41, 5.74) is 0.817. The molecule has 2 atom stereocenters. The molecular weight excluding hydrogens is 278 g/mol. The zero-order valence-electron chi connectivity index (χ0n) is 11.1. The van der Waals surface area contributed by atoms with Gasteiger partial charge in [0, 0.05) is 4.70 Å². The van der Waals surface area contributed by atoms with Crippen molar-refractivity contribution in [3.63, 3.8) is 0 Å². The number of aliphatic carboxylic acids is 1. The summed E-state index contributed by atoms with van der Waals surface area (Å²) < 4.78 is 0.971. The average Bonchev–Trinajstić information content (AvgIpc) is 2.73. The summed E-state index contributed by atoms with van der Waals surface area (Å²) in [4.78, 5) is 23.6. The molecule has 2 rings (SSSR count). The SMILES string of the molecule is Cc1c(C(=O)N[C@H](C(=O)O)[C@@H](C)O)sc2ccccc12. The lowest BCUT2D eigenvalue weighted by molar-refractivity contribution is -0.141. The number of hydrogen-bond acceptors (Lipinski definition) is 4. The molecule has 0 spiro atoms. The first kappa shape index (κ1) is 14.5. The number of carbonyl (C=O) groups excluding carboxylic acids is 1. The number of carboxylic acid groups (broad SMARTS) is 1. The van der Waals surface area contributed by atoms with Crippen molar-refractivity contribution in [2.45, 2.75) is 26.0 Å². The van der Waals surface area contributed by atoms with Crippen LogP contribution in [0.3, 0.4) is 0 Å². The van der Waals surface area contributed by atoms with Gasteiger partial charge in [-0.3, -0.25) is 4.79 Å². The molecule has 1 aromatic heterocycles. The highest BCUT2D eigenvalue weighted by molar-refractivity contribution is 7.21. The second kappa shape index (κ2) is 5.60. The third-order valence-corrected chi connectivity index (χ3v) is 4.36. The number of carbonyl (C=O) groups is 2. The Morgan fingerprint density at radius 2 is 1.95 bits per heavy atom. The number of nitrogens with one attached hydrogen (secondary N) is 1. The number of benzene rings is 1. The van der Waals surface area contributed by atoms with Gasteiger partial charge in [0.25, 0.3) is 5.91 Å². The Labute approximate surface area is 119 Å². The topological polar surface area (TPSA) is 86.6 Å². The van der Waals surface area contributed by atoms with Gasteiger partial charge in [0.15, 0.2) is 6.04 Å². The van der Waals surface area contributed by atoms with Crippen LogP contribution in [0, 0.1) is 6.92 Å². The van der Waals surface area contributed by atoms with E-state index in [9.17, 15) is 14.7 Å². The lowest BCUT2D eigenvalue weighted by Crippen LogP contribution is -2.47. The lowest BCUT2D eigenvalue weighted by Gasteiger charge is -2.16. The van der Waals surface area contributed by atoms with E-state index in [1.807, 2.05) is 31.2 Å². The third kappa shape index (κ3) is 2.66. The van der Waals surface area contributed by atoms with Gasteiger partial charge in [0.1, 0.15) is 0 Å². The fraction of sp³-hybridized carbons (Fsp3) is 0.286. The fourth-order valence-electron chi connectivity index (χ4n) is 1.99. The zero-order chi connectivity index (χ0) is 14.9. The minimum absolute atomic E-state index is 0.470. The minimum atomic E-state index is -1.31. The summed E-state index contributed by atoms with van der Waals surface area (Å²) in [7, 11) is 0. The highest BCUT2D eigenvalue weighted by Gasteiger charge is 2.27. The number of fused-ring (bicyclic) bond motifs is 1. The van der Waals surface area contributed by atoms with Crippen molar-refractivity contribution in [2.24, 2.45) is 0 Å². The van der Waals surface area contributed by atoms with Gasteiger partial charge < -0.3 is 15.5 Å². The number of aliphatic hydroxyl groups excluding tert-OH is 1. The van der Waals surface area contributed by atoms with E-state index < -0.39 is 24.0 Å². The molecule has 0 fully saturated rings. The molecule has 106 valence electrons. The Balaban J connectivity index is 2.32. The molecule has 20 heavy (non-hydrogen) atoms. The smallest absolute Gasteiger partial charge is 0.328 e. The second-order valence-electron chi connectivity index (χ2n) is 4.58. The Kier molecular flexibility index (Phi) is 4.06. The van der Waals surface area contributed by atoms with Gasteiger partial charge >= 0.3 is 5.97 Å². The molecular formula is C14H15NO4S. The minimum Gasteiger partial charge on any atom is -0.480 e. The quantitative estimate of drug-likeness (QED) is 0.802. The summed E-state index contributed by atoms with van der Waals surface area (Å²) in [6, 6.07) is 6.29. The number of aryl methyl sites for hydroxylation is 1. The van der Waals surface area contributed by atoms with Crippen molar-refractivity contribution >= 4 is 33.3 Å². The molecule has 0 aliphatic carbocycles. The number of amides is 1. The summed E-state index contributed by atoms with van der Waals surface area (Å²) in [5, 5.41) is 21.7. The van der Waals surface area contributed by atoms with Gasteiger partial charge in [-0.2, -0.15) is 0 Å². The predicted molar refractivity (Wildman–Crippen MR) is 77.1 cm³/mol. The molecule has 0 saturated heterocycles. The molecule has 0 radical (unpaired) electrons. The summed E-state index contributed by atoms with van der Waals surface area (Å²) in [5.74, 6) is -1.73. The van der Waals surface area contributed by atoms with Gasteiger partial charge in [-0.15, -0.1) is 11.3 Å². The Morgan fingerprint density at radius 1 is 1.30 bits per heavy atom. The highest BCUT2D eigenvalue weighted by atomic mass is 32.1. The fourth-order valence-corrected chi connectivity index (χ4v) is 3.10. The molecule has 1 aromatic carbocycles. The molecule has 0 unspecified atom stereocenters. The van der Waals surface area contributed by atoms with Crippen LogP contribution >= 0.6 is 11.3 Å². The summed E-state index contributed by atoms with van der Waals surface area (Å²) in [6.45, 7) is 3.16. The molecule has 0 saturated carbocycles. The monoisotopic (exact) mass is 293 g/mol. The number of hydrogen-bond donors (Lipinski definition) is 3. The zero-order valence-corrected chi connectivity index (χ0v) is 11.9. The largest absolute Gasteiger partial charge is 0.480 e. The van der Waals surface area contributed by atoms with Crippen molar-refractivity contribution in [1.82, 2.24) is 5.32 Å².